The van der Waals surface area contributed by atoms with Crippen molar-refractivity contribution in [3.8, 4) is 6.19 Å². The molecule has 0 bridgehead atoms. The molecule has 0 heterocycles. The number of rotatable bonds is 2. The molecule has 0 saturated carbocycles. The summed E-state index contributed by atoms with van der Waals surface area (Å²) in [5.74, 6) is 0. The molecule has 0 aromatic carbocycles. The molecule has 0 aliphatic carbocycles. The molecule has 0 amide bonds. The zero-order valence-corrected chi connectivity index (χ0v) is 4.01. The summed E-state index contributed by atoms with van der Waals surface area (Å²) in [6, 6.07) is 0. The number of nitrogens with zero attached hydrogens (tertiary/aromatic N) is 1. The third kappa shape index (κ3) is 4.83. The van der Waals surface area contributed by atoms with E-state index in [1.54, 1.807) is 19.2 Å². The van der Waals surface area contributed by atoms with Gasteiger partial charge in [0.05, 0.1) is 0 Å². The summed E-state index contributed by atoms with van der Waals surface area (Å²) in [4.78, 5) is 4.34. The molecule has 3 heteroatoms. The molecule has 3 nitrogen and oxygen atoms in total. The smallest absolute Gasteiger partial charge is 0.212 e. The Hall–Kier alpha value is -1.17. The summed E-state index contributed by atoms with van der Waals surface area (Å²) in [6.45, 7) is 1.79. The number of nitriles is 1. The Morgan fingerprint density at radius 1 is 1.86 bits per heavy atom. The standard InChI is InChI=1S/C4H6N2O/c1-2-3-7-6-4-5/h2-3,6H,1H3/b3-2-. The van der Waals surface area contributed by atoms with Crippen LogP contribution in [0.4, 0.5) is 0 Å². The molecule has 0 aliphatic heterocycles. The van der Waals surface area contributed by atoms with Gasteiger partial charge in [-0.2, -0.15) is 10.7 Å². The van der Waals surface area contributed by atoms with Crippen LogP contribution in [0, 0.1) is 11.5 Å². The molecule has 0 aromatic heterocycles. The fourth-order valence-corrected chi connectivity index (χ4v) is 0.128. The van der Waals surface area contributed by atoms with Crippen molar-refractivity contribution in [2.75, 3.05) is 0 Å². The second kappa shape index (κ2) is 4.83. The van der Waals surface area contributed by atoms with E-state index in [-0.39, 0.29) is 0 Å². The summed E-state index contributed by atoms with van der Waals surface area (Å²) >= 11 is 0. The van der Waals surface area contributed by atoms with Crippen molar-refractivity contribution in [3.05, 3.63) is 12.3 Å². The normalized spacial score (nSPS) is 8.00. The van der Waals surface area contributed by atoms with Crippen LogP contribution in [0.3, 0.4) is 0 Å². The third-order valence-corrected chi connectivity index (χ3v) is 0.309. The quantitative estimate of drug-likeness (QED) is 0.180. The topological polar surface area (TPSA) is 45.0 Å². The van der Waals surface area contributed by atoms with Gasteiger partial charge in [0, 0.05) is 0 Å². The van der Waals surface area contributed by atoms with Gasteiger partial charge in [-0.15, -0.1) is 0 Å². The van der Waals surface area contributed by atoms with Crippen LogP contribution in [0.2, 0.25) is 0 Å². The van der Waals surface area contributed by atoms with Crippen LogP contribution in [0.1, 0.15) is 6.92 Å². The van der Waals surface area contributed by atoms with E-state index in [2.05, 4.69) is 4.84 Å². The summed E-state index contributed by atoms with van der Waals surface area (Å²) in [5.41, 5.74) is 1.97. The number of allylic oxidation sites excluding steroid dienone is 1. The molecule has 0 radical (unpaired) electrons. The summed E-state index contributed by atoms with van der Waals surface area (Å²) in [6.07, 6.45) is 4.63. The van der Waals surface area contributed by atoms with Crippen LogP contribution in [0.25, 0.3) is 0 Å². The number of hydrogen-bond acceptors (Lipinski definition) is 3. The first-order valence-corrected chi connectivity index (χ1v) is 1.82. The highest BCUT2D eigenvalue weighted by atomic mass is 16.6. The van der Waals surface area contributed by atoms with Crippen LogP contribution in [0.5, 0.6) is 0 Å². The lowest BCUT2D eigenvalue weighted by Crippen LogP contribution is -1.99. The summed E-state index contributed by atoms with van der Waals surface area (Å²) < 4.78 is 0. The van der Waals surface area contributed by atoms with Gasteiger partial charge < -0.3 is 4.84 Å². The minimum absolute atomic E-state index is 1.38. The van der Waals surface area contributed by atoms with Crippen molar-refractivity contribution in [1.82, 2.24) is 5.48 Å². The fourth-order valence-electron chi connectivity index (χ4n) is 0.128. The van der Waals surface area contributed by atoms with Gasteiger partial charge in [0.15, 0.2) is 0 Å². The van der Waals surface area contributed by atoms with Gasteiger partial charge in [-0.3, -0.25) is 0 Å². The van der Waals surface area contributed by atoms with Gasteiger partial charge in [-0.05, 0) is 13.0 Å². The third-order valence-electron chi connectivity index (χ3n) is 0.309. The van der Waals surface area contributed by atoms with E-state index in [0.717, 1.165) is 0 Å². The van der Waals surface area contributed by atoms with E-state index in [1.807, 2.05) is 5.48 Å². The maximum absolute atomic E-state index is 7.77. The Bertz CT molecular complexity index is 92.4. The van der Waals surface area contributed by atoms with Gasteiger partial charge in [-0.1, -0.05) is 0 Å². The second-order valence-corrected chi connectivity index (χ2v) is 0.801. The molecule has 0 unspecified atom stereocenters. The molecular formula is C4H6N2O. The molecule has 0 saturated heterocycles. The predicted molar refractivity (Wildman–Crippen MR) is 24.6 cm³/mol. The molecule has 0 fully saturated rings. The molecule has 0 atom stereocenters. The summed E-state index contributed by atoms with van der Waals surface area (Å²) in [7, 11) is 0. The highest BCUT2D eigenvalue weighted by molar-refractivity contribution is 4.66. The van der Waals surface area contributed by atoms with E-state index in [9.17, 15) is 0 Å². The molecule has 0 spiro atoms. The molecular weight excluding hydrogens is 92.1 g/mol. The van der Waals surface area contributed by atoms with Gasteiger partial charge in [0.1, 0.15) is 6.26 Å². The second-order valence-electron chi connectivity index (χ2n) is 0.801. The number of hydrogen-bond donors (Lipinski definition) is 1. The monoisotopic (exact) mass is 98.0 g/mol. The molecule has 7 heavy (non-hydrogen) atoms. The molecule has 0 aliphatic rings. The molecule has 38 valence electrons. The van der Waals surface area contributed by atoms with Gasteiger partial charge in [-0.25, -0.2) is 0 Å². The SMILES string of the molecule is C/C=C\ONC#N. The van der Waals surface area contributed by atoms with Gasteiger partial charge >= 0.3 is 0 Å². The van der Waals surface area contributed by atoms with Crippen molar-refractivity contribution in [3.63, 3.8) is 0 Å². The minimum Gasteiger partial charge on any atom is -0.381 e. The maximum Gasteiger partial charge on any atom is 0.212 e. The average Bonchev–Trinajstić information content (AvgIpc) is 1.69. The van der Waals surface area contributed by atoms with E-state index < -0.39 is 0 Å². The van der Waals surface area contributed by atoms with Crippen molar-refractivity contribution in [2.24, 2.45) is 0 Å². The molecule has 0 aromatic rings. The van der Waals surface area contributed by atoms with Gasteiger partial charge in [0.2, 0.25) is 6.19 Å². The number of nitrogens with one attached hydrogen (secondary N) is 1. The fraction of sp³-hybridized carbons (Fsp3) is 0.250. The maximum atomic E-state index is 7.77. The largest absolute Gasteiger partial charge is 0.381 e. The predicted octanol–water partition coefficient (Wildman–Crippen LogP) is 0.522. The first-order valence-electron chi connectivity index (χ1n) is 1.82. The zero-order valence-electron chi connectivity index (χ0n) is 4.01. The first-order chi connectivity index (χ1) is 3.41. The summed E-state index contributed by atoms with van der Waals surface area (Å²) in [5, 5.41) is 7.77. The van der Waals surface area contributed by atoms with E-state index in [1.165, 1.54) is 6.26 Å². The lowest BCUT2D eigenvalue weighted by atomic mass is 10.7. The Balaban J connectivity index is 2.87. The van der Waals surface area contributed by atoms with E-state index in [4.69, 9.17) is 5.26 Å². The lowest BCUT2D eigenvalue weighted by molar-refractivity contribution is 0.182. The Morgan fingerprint density at radius 3 is 3.00 bits per heavy atom. The highest BCUT2D eigenvalue weighted by Gasteiger charge is 1.63. The van der Waals surface area contributed by atoms with Crippen LogP contribution in [-0.2, 0) is 4.84 Å². The van der Waals surface area contributed by atoms with Crippen LogP contribution < -0.4 is 5.48 Å². The Labute approximate surface area is 42.2 Å². The van der Waals surface area contributed by atoms with Crippen LogP contribution in [0.15, 0.2) is 12.3 Å². The molecule has 1 N–H and O–H groups in total. The van der Waals surface area contributed by atoms with E-state index >= 15 is 0 Å². The Kier molecular flexibility index (Phi) is 4.02. The average molecular weight is 98.1 g/mol. The first kappa shape index (κ1) is 5.83. The van der Waals surface area contributed by atoms with Crippen LogP contribution >= 0.6 is 0 Å². The highest BCUT2D eigenvalue weighted by Crippen LogP contribution is 1.65. The molecule has 0 rings (SSSR count). The Morgan fingerprint density at radius 2 is 2.57 bits per heavy atom. The van der Waals surface area contributed by atoms with Gasteiger partial charge in [0.25, 0.3) is 0 Å². The van der Waals surface area contributed by atoms with Crippen molar-refractivity contribution >= 4 is 0 Å². The van der Waals surface area contributed by atoms with Crippen molar-refractivity contribution < 1.29 is 4.84 Å². The zero-order chi connectivity index (χ0) is 5.54. The lowest BCUT2D eigenvalue weighted by Gasteiger charge is -1.86. The van der Waals surface area contributed by atoms with E-state index in [0.29, 0.717) is 0 Å². The van der Waals surface area contributed by atoms with Crippen LogP contribution in [-0.4, -0.2) is 0 Å². The minimum atomic E-state index is 1.38. The number of hydroxylamine groups is 1. The van der Waals surface area contributed by atoms with Crippen molar-refractivity contribution in [2.45, 2.75) is 6.92 Å². The van der Waals surface area contributed by atoms with Crippen molar-refractivity contribution in [1.29, 1.82) is 5.26 Å².